The summed E-state index contributed by atoms with van der Waals surface area (Å²) in [5.41, 5.74) is 3.58. The molecule has 0 spiro atoms. The molecule has 0 bridgehead atoms. The van der Waals surface area contributed by atoms with Crippen molar-refractivity contribution in [2.45, 2.75) is 66.0 Å². The third-order valence-corrected chi connectivity index (χ3v) is 4.64. The summed E-state index contributed by atoms with van der Waals surface area (Å²) in [5, 5.41) is 3.56. The minimum Gasteiger partial charge on any atom is -0.490 e. The van der Waals surface area contributed by atoms with Gasteiger partial charge in [-0.2, -0.15) is 0 Å². The molecule has 2 aromatic carbocycles. The van der Waals surface area contributed by atoms with Gasteiger partial charge in [-0.3, -0.25) is 0 Å². The van der Waals surface area contributed by atoms with Crippen LogP contribution in [0, 0.1) is 6.92 Å². The highest BCUT2D eigenvalue weighted by Gasteiger charge is 2.11. The lowest BCUT2D eigenvalue weighted by atomic mass is 10.1. The standard InChI is InChI=1S/C24H35NO2/c1-4-6-7-8-9-17-25-18-22-11-10-12-23(26-5-2)24(22)27-19-21-15-13-20(3)14-16-21/h10-16,25H,4-9,17-19H2,1-3H3. The van der Waals surface area contributed by atoms with Gasteiger partial charge in [0.1, 0.15) is 6.61 Å². The first-order valence-corrected chi connectivity index (χ1v) is 10.4. The van der Waals surface area contributed by atoms with Gasteiger partial charge >= 0.3 is 0 Å². The van der Waals surface area contributed by atoms with Crippen LogP contribution in [0.25, 0.3) is 0 Å². The Morgan fingerprint density at radius 2 is 1.63 bits per heavy atom. The zero-order chi connectivity index (χ0) is 19.3. The Kier molecular flexibility index (Phi) is 9.78. The number of nitrogens with one attached hydrogen (secondary N) is 1. The van der Waals surface area contributed by atoms with Gasteiger partial charge < -0.3 is 14.8 Å². The molecular formula is C24H35NO2. The lowest BCUT2D eigenvalue weighted by Gasteiger charge is -2.16. The minimum atomic E-state index is 0.550. The van der Waals surface area contributed by atoms with Gasteiger partial charge in [-0.05, 0) is 38.4 Å². The number of hydrogen-bond acceptors (Lipinski definition) is 3. The van der Waals surface area contributed by atoms with Crippen LogP contribution in [-0.2, 0) is 13.2 Å². The highest BCUT2D eigenvalue weighted by Crippen LogP contribution is 2.32. The summed E-state index contributed by atoms with van der Waals surface area (Å²) >= 11 is 0. The molecule has 0 unspecified atom stereocenters. The molecule has 0 amide bonds. The number of rotatable bonds is 13. The maximum absolute atomic E-state index is 6.19. The van der Waals surface area contributed by atoms with Gasteiger partial charge in [0.05, 0.1) is 6.61 Å². The Hall–Kier alpha value is -2.00. The van der Waals surface area contributed by atoms with Gasteiger partial charge in [-0.15, -0.1) is 0 Å². The maximum atomic E-state index is 6.19. The Morgan fingerprint density at radius 3 is 2.37 bits per heavy atom. The largest absolute Gasteiger partial charge is 0.490 e. The zero-order valence-electron chi connectivity index (χ0n) is 17.2. The number of hydrogen-bond donors (Lipinski definition) is 1. The molecule has 0 saturated heterocycles. The lowest BCUT2D eigenvalue weighted by molar-refractivity contribution is 0.266. The number of unbranched alkanes of at least 4 members (excludes halogenated alkanes) is 4. The van der Waals surface area contributed by atoms with Crippen LogP contribution in [0.3, 0.4) is 0 Å². The van der Waals surface area contributed by atoms with Crippen LogP contribution in [0.5, 0.6) is 11.5 Å². The Balaban J connectivity index is 1.94. The monoisotopic (exact) mass is 369 g/mol. The molecule has 2 rings (SSSR count). The highest BCUT2D eigenvalue weighted by molar-refractivity contribution is 5.46. The molecule has 1 N–H and O–H groups in total. The molecule has 148 valence electrons. The molecule has 3 heteroatoms. The second kappa shape index (κ2) is 12.4. The van der Waals surface area contributed by atoms with E-state index < -0.39 is 0 Å². The van der Waals surface area contributed by atoms with Gasteiger partial charge in [-0.25, -0.2) is 0 Å². The van der Waals surface area contributed by atoms with Crippen molar-refractivity contribution in [1.29, 1.82) is 0 Å². The van der Waals surface area contributed by atoms with Crippen molar-refractivity contribution in [2.24, 2.45) is 0 Å². The number of ether oxygens (including phenoxy) is 2. The van der Waals surface area contributed by atoms with Gasteiger partial charge in [0.25, 0.3) is 0 Å². The second-order valence-corrected chi connectivity index (χ2v) is 7.04. The van der Waals surface area contributed by atoms with Crippen LogP contribution in [0.1, 0.15) is 62.6 Å². The van der Waals surface area contributed by atoms with Crippen molar-refractivity contribution < 1.29 is 9.47 Å². The summed E-state index contributed by atoms with van der Waals surface area (Å²) in [6.07, 6.45) is 6.50. The third-order valence-electron chi connectivity index (χ3n) is 4.64. The molecule has 3 nitrogen and oxygen atoms in total. The van der Waals surface area contributed by atoms with Crippen LogP contribution in [0.4, 0.5) is 0 Å². The summed E-state index contributed by atoms with van der Waals surface area (Å²) in [5.74, 6) is 1.69. The van der Waals surface area contributed by atoms with E-state index in [0.29, 0.717) is 13.2 Å². The molecule has 2 aromatic rings. The van der Waals surface area contributed by atoms with Crippen molar-refractivity contribution in [1.82, 2.24) is 5.32 Å². The predicted molar refractivity (Wildman–Crippen MR) is 114 cm³/mol. The van der Waals surface area contributed by atoms with Crippen molar-refractivity contribution in [3.8, 4) is 11.5 Å². The highest BCUT2D eigenvalue weighted by atomic mass is 16.5. The van der Waals surface area contributed by atoms with E-state index in [2.05, 4.69) is 49.5 Å². The summed E-state index contributed by atoms with van der Waals surface area (Å²) in [7, 11) is 0. The number of benzene rings is 2. The molecule has 0 atom stereocenters. The fraction of sp³-hybridized carbons (Fsp3) is 0.500. The third kappa shape index (κ3) is 7.64. The quantitative estimate of drug-likeness (QED) is 0.437. The Bertz CT molecular complexity index is 652. The van der Waals surface area contributed by atoms with Crippen molar-refractivity contribution >= 4 is 0 Å². The fourth-order valence-electron chi connectivity index (χ4n) is 3.05. The summed E-state index contributed by atoms with van der Waals surface area (Å²) < 4.78 is 12.0. The van der Waals surface area contributed by atoms with E-state index >= 15 is 0 Å². The molecule has 0 aliphatic heterocycles. The smallest absolute Gasteiger partial charge is 0.166 e. The second-order valence-electron chi connectivity index (χ2n) is 7.04. The Labute approximate surface area is 165 Å². The maximum Gasteiger partial charge on any atom is 0.166 e. The average Bonchev–Trinajstić information content (AvgIpc) is 2.68. The van der Waals surface area contributed by atoms with E-state index in [4.69, 9.17) is 9.47 Å². The van der Waals surface area contributed by atoms with Crippen LogP contribution >= 0.6 is 0 Å². The summed E-state index contributed by atoms with van der Waals surface area (Å²) in [6.45, 7) is 9.38. The van der Waals surface area contributed by atoms with Crippen LogP contribution < -0.4 is 14.8 Å². The van der Waals surface area contributed by atoms with Gasteiger partial charge in [-0.1, -0.05) is 74.6 Å². The molecule has 0 fully saturated rings. The van der Waals surface area contributed by atoms with E-state index in [-0.39, 0.29) is 0 Å². The van der Waals surface area contributed by atoms with E-state index in [0.717, 1.165) is 30.2 Å². The van der Waals surface area contributed by atoms with E-state index in [1.807, 2.05) is 19.1 Å². The van der Waals surface area contributed by atoms with Gasteiger partial charge in [0.2, 0.25) is 0 Å². The summed E-state index contributed by atoms with van der Waals surface area (Å²) in [4.78, 5) is 0. The van der Waals surface area contributed by atoms with Crippen LogP contribution in [0.2, 0.25) is 0 Å². The first kappa shape index (κ1) is 21.3. The number of para-hydroxylation sites is 1. The van der Waals surface area contributed by atoms with Gasteiger partial charge in [0, 0.05) is 12.1 Å². The first-order valence-electron chi connectivity index (χ1n) is 10.4. The molecular weight excluding hydrogens is 334 g/mol. The van der Waals surface area contributed by atoms with Crippen LogP contribution in [0.15, 0.2) is 42.5 Å². The molecule has 0 aliphatic carbocycles. The van der Waals surface area contributed by atoms with E-state index in [1.54, 1.807) is 0 Å². The average molecular weight is 370 g/mol. The molecule has 27 heavy (non-hydrogen) atoms. The van der Waals surface area contributed by atoms with Crippen molar-refractivity contribution in [3.05, 3.63) is 59.2 Å². The van der Waals surface area contributed by atoms with Crippen LogP contribution in [-0.4, -0.2) is 13.2 Å². The van der Waals surface area contributed by atoms with Crippen molar-refractivity contribution in [2.75, 3.05) is 13.2 Å². The lowest BCUT2D eigenvalue weighted by Crippen LogP contribution is -2.16. The topological polar surface area (TPSA) is 30.5 Å². The van der Waals surface area contributed by atoms with Gasteiger partial charge in [0.15, 0.2) is 11.5 Å². The fourth-order valence-corrected chi connectivity index (χ4v) is 3.05. The van der Waals surface area contributed by atoms with E-state index in [9.17, 15) is 0 Å². The molecule has 0 radical (unpaired) electrons. The zero-order valence-corrected chi connectivity index (χ0v) is 17.2. The Morgan fingerprint density at radius 1 is 0.852 bits per heavy atom. The molecule has 0 heterocycles. The molecule has 0 aliphatic rings. The predicted octanol–water partition coefficient (Wildman–Crippen LogP) is 6.03. The minimum absolute atomic E-state index is 0.550. The first-order chi connectivity index (χ1) is 13.2. The molecule has 0 saturated carbocycles. The number of aryl methyl sites for hydroxylation is 1. The van der Waals surface area contributed by atoms with E-state index in [1.165, 1.54) is 43.2 Å². The normalized spacial score (nSPS) is 10.8. The summed E-state index contributed by atoms with van der Waals surface area (Å²) in [6, 6.07) is 14.6. The molecule has 0 aromatic heterocycles. The van der Waals surface area contributed by atoms with Crippen molar-refractivity contribution in [3.63, 3.8) is 0 Å². The SMILES string of the molecule is CCCCCCCNCc1cccc(OCC)c1OCc1ccc(C)cc1.